The van der Waals surface area contributed by atoms with Gasteiger partial charge in [0.1, 0.15) is 0 Å². The first-order valence-corrected chi connectivity index (χ1v) is 2.64. The van der Waals surface area contributed by atoms with Crippen molar-refractivity contribution in [2.45, 2.75) is 0 Å². The van der Waals surface area contributed by atoms with E-state index >= 15 is 0 Å². The van der Waals surface area contributed by atoms with E-state index in [9.17, 15) is 0 Å². The van der Waals surface area contributed by atoms with Crippen LogP contribution in [-0.2, 0) is 44.5 Å². The number of rotatable bonds is 0. The van der Waals surface area contributed by atoms with Crippen LogP contribution >= 0.6 is 0 Å². The Bertz CT molecular complexity index is 159. The molecule has 0 aliphatic rings. The smallest absolute Gasteiger partial charge is 0.356 e. The maximum Gasteiger partial charge on any atom is 3.00 e. The van der Waals surface area contributed by atoms with Crippen LogP contribution in [0.3, 0.4) is 0 Å². The zero-order valence-electron chi connectivity index (χ0n) is 4.50. The van der Waals surface area contributed by atoms with Crippen molar-refractivity contribution in [3.8, 4) is 0 Å². The quantitative estimate of drug-likeness (QED) is 0.252. The molecule has 0 heterocycles. The molecular formula is H2Fe2NO7S+2. The average molecular weight is 272 g/mol. The van der Waals surface area contributed by atoms with Crippen molar-refractivity contribution in [2.24, 2.45) is 0 Å². The monoisotopic (exact) mass is 272 g/mol. The second kappa shape index (κ2) is 10.1. The first kappa shape index (κ1) is 22.5. The second-order valence-corrected chi connectivity index (χ2v) is 1.57. The van der Waals surface area contributed by atoms with E-state index in [1.807, 2.05) is 0 Å². The third-order valence-corrected chi connectivity index (χ3v) is 0. The van der Waals surface area contributed by atoms with E-state index in [1.165, 1.54) is 0 Å². The van der Waals surface area contributed by atoms with Gasteiger partial charge >= 0.3 is 27.5 Å². The van der Waals surface area contributed by atoms with Crippen LogP contribution in [0.1, 0.15) is 0 Å². The Morgan fingerprint density at radius 1 is 1.18 bits per heavy atom. The van der Waals surface area contributed by atoms with E-state index in [0.717, 1.165) is 0 Å². The predicted octanol–water partition coefficient (Wildman–Crippen LogP) is -0.897. The largest absolute Gasteiger partial charge is 3.00 e. The van der Waals surface area contributed by atoms with Crippen LogP contribution in [0.15, 0.2) is 0 Å². The fraction of sp³-hybridized carbons (Fsp3) is 0. The molecule has 0 aliphatic heterocycles. The molecule has 0 aliphatic carbocycles. The predicted molar refractivity (Wildman–Crippen MR) is 24.5 cm³/mol. The van der Waals surface area contributed by atoms with Crippen molar-refractivity contribution in [1.29, 1.82) is 0 Å². The van der Waals surface area contributed by atoms with Gasteiger partial charge in [0.2, 0.25) is 0 Å². The van der Waals surface area contributed by atoms with Crippen LogP contribution in [0.25, 0.3) is 0 Å². The summed E-state index contributed by atoms with van der Waals surface area (Å²) in [5.74, 6) is 0. The van der Waals surface area contributed by atoms with Gasteiger partial charge < -0.3 is 15.3 Å². The minimum atomic E-state index is -4.67. The molecule has 0 amide bonds. The van der Waals surface area contributed by atoms with E-state index in [2.05, 4.69) is 0 Å². The Labute approximate surface area is 82.6 Å². The average Bonchev–Trinajstić information content (AvgIpc) is 1.19. The summed E-state index contributed by atoms with van der Waals surface area (Å²) < 4.78 is 31.6. The summed E-state index contributed by atoms with van der Waals surface area (Å²) in [4.78, 5) is 8.25. The Hall–Kier alpha value is 0.109. The van der Waals surface area contributed by atoms with Gasteiger partial charge in [-0.3, -0.25) is 9.11 Å². The molecule has 69 valence electrons. The van der Waals surface area contributed by atoms with Crippen LogP contribution in [0.5, 0.6) is 0 Å². The van der Waals surface area contributed by atoms with Crippen molar-refractivity contribution in [2.75, 3.05) is 0 Å². The summed E-state index contributed by atoms with van der Waals surface area (Å²) in [7, 11) is -4.67. The van der Waals surface area contributed by atoms with E-state index in [1.54, 1.807) is 0 Å². The van der Waals surface area contributed by atoms with Gasteiger partial charge in [0.05, 0.1) is 5.09 Å². The molecule has 1 radical (unpaired) electrons. The molecule has 0 atom stereocenters. The van der Waals surface area contributed by atoms with Crippen LogP contribution in [0, 0.1) is 15.3 Å². The summed E-state index contributed by atoms with van der Waals surface area (Å²) in [5.41, 5.74) is 0. The molecule has 11 heavy (non-hydrogen) atoms. The Morgan fingerprint density at radius 3 is 1.18 bits per heavy atom. The summed E-state index contributed by atoms with van der Waals surface area (Å²) in [6.07, 6.45) is 0. The van der Waals surface area contributed by atoms with Gasteiger partial charge in [-0.05, 0) is 0 Å². The van der Waals surface area contributed by atoms with E-state index in [0.29, 0.717) is 0 Å². The Balaban J connectivity index is -0.0000000383. The first-order chi connectivity index (χ1) is 3.73. The fourth-order valence-electron chi connectivity index (χ4n) is 0. The molecule has 0 aromatic carbocycles. The van der Waals surface area contributed by atoms with E-state index in [4.69, 9.17) is 32.8 Å². The van der Waals surface area contributed by atoms with Gasteiger partial charge in [0, 0.05) is 17.1 Å². The molecule has 0 aromatic rings. The second-order valence-electron chi connectivity index (χ2n) is 0.671. The zero-order chi connectivity index (χ0) is 8.08. The third-order valence-electron chi connectivity index (χ3n) is 0. The minimum absolute atomic E-state index is 0. The number of hydrogen-bond acceptors (Lipinski definition) is 5. The molecule has 0 unspecified atom stereocenters. The number of nitrogens with zero attached hydrogens (tertiary/aromatic N) is 1. The van der Waals surface area contributed by atoms with Gasteiger partial charge in [-0.15, -0.1) is 0 Å². The minimum Gasteiger partial charge on any atom is -0.356 e. The molecule has 0 saturated carbocycles. The van der Waals surface area contributed by atoms with Gasteiger partial charge in [-0.25, -0.2) is 0 Å². The summed E-state index contributed by atoms with van der Waals surface area (Å²) in [5, 5.41) is 14.8. The van der Waals surface area contributed by atoms with Crippen LogP contribution in [-0.4, -0.2) is 22.6 Å². The zero-order valence-corrected chi connectivity index (χ0v) is 7.52. The molecule has 0 fully saturated rings. The van der Waals surface area contributed by atoms with Gasteiger partial charge in [-0.1, -0.05) is 0 Å². The van der Waals surface area contributed by atoms with Crippen LogP contribution in [0.4, 0.5) is 0 Å². The molecule has 8 nitrogen and oxygen atoms in total. The van der Waals surface area contributed by atoms with Gasteiger partial charge in [0.15, 0.2) is 0 Å². The summed E-state index contributed by atoms with van der Waals surface area (Å²) in [6, 6.07) is 0. The summed E-state index contributed by atoms with van der Waals surface area (Å²) in [6.45, 7) is 0. The maximum atomic E-state index is 8.74. The SMILES string of the molecule is O=S(=O)(O)O.O=[N+]([O-])[O-].[Fe+3].[Fe]. The molecule has 11 heteroatoms. The van der Waals surface area contributed by atoms with E-state index < -0.39 is 15.5 Å². The van der Waals surface area contributed by atoms with Crippen molar-refractivity contribution < 1.29 is 56.7 Å². The summed E-state index contributed by atoms with van der Waals surface area (Å²) >= 11 is 0. The standard InChI is InChI=1S/2Fe.NO3.H2O4S/c;;2-1(3)4;1-5(2,3)4/h;;;(H2,1,2,3,4)/q;+3;-1;. The van der Waals surface area contributed by atoms with Crippen molar-refractivity contribution in [3.63, 3.8) is 0 Å². The van der Waals surface area contributed by atoms with Gasteiger partial charge in [0.25, 0.3) is 0 Å². The van der Waals surface area contributed by atoms with E-state index in [-0.39, 0.29) is 34.1 Å². The normalized spacial score (nSPS) is 7.45. The molecule has 0 spiro atoms. The van der Waals surface area contributed by atoms with Crippen molar-refractivity contribution in [3.05, 3.63) is 15.3 Å². The Kier molecular flexibility index (Phi) is 20.6. The number of hydrogen-bond donors (Lipinski definition) is 2. The van der Waals surface area contributed by atoms with Gasteiger partial charge in [-0.2, -0.15) is 8.42 Å². The molecule has 2 N–H and O–H groups in total. The third kappa shape index (κ3) is 56000. The van der Waals surface area contributed by atoms with Crippen molar-refractivity contribution in [1.82, 2.24) is 0 Å². The fourth-order valence-corrected chi connectivity index (χ4v) is 0. The maximum absolute atomic E-state index is 8.74. The van der Waals surface area contributed by atoms with Crippen LogP contribution < -0.4 is 0 Å². The molecule has 0 rings (SSSR count). The topological polar surface area (TPSA) is 141 Å². The molecule has 0 aromatic heterocycles. The molecule has 0 bridgehead atoms. The first-order valence-electron chi connectivity index (χ1n) is 1.25. The van der Waals surface area contributed by atoms with Crippen molar-refractivity contribution >= 4 is 10.4 Å². The molecular weight excluding hydrogens is 270 g/mol. The Morgan fingerprint density at radius 2 is 1.18 bits per heavy atom. The molecule has 0 saturated heterocycles. The van der Waals surface area contributed by atoms with Crippen LogP contribution in [0.2, 0.25) is 0 Å².